The highest BCUT2D eigenvalue weighted by Crippen LogP contribution is 2.21. The highest BCUT2D eigenvalue weighted by molar-refractivity contribution is 5.91. The molecule has 21 heavy (non-hydrogen) atoms. The van der Waals surface area contributed by atoms with Crippen molar-refractivity contribution in [1.29, 1.82) is 0 Å². The molecule has 110 valence electrons. The summed E-state index contributed by atoms with van der Waals surface area (Å²) in [4.78, 5) is 11.1. The van der Waals surface area contributed by atoms with Crippen molar-refractivity contribution >= 4 is 5.97 Å². The first kappa shape index (κ1) is 14.9. The second-order valence-electron chi connectivity index (χ2n) is 4.43. The minimum Gasteiger partial charge on any atom is -0.496 e. The van der Waals surface area contributed by atoms with Crippen molar-refractivity contribution in [1.82, 2.24) is 0 Å². The van der Waals surface area contributed by atoms with Gasteiger partial charge >= 0.3 is 5.97 Å². The molecule has 2 aromatic rings. The maximum absolute atomic E-state index is 11.1. The van der Waals surface area contributed by atoms with Crippen LogP contribution in [-0.2, 0) is 13.2 Å². The predicted octanol–water partition coefficient (Wildman–Crippen LogP) is 2.46. The maximum Gasteiger partial charge on any atom is 0.339 e. The normalized spacial score (nSPS) is 10.2. The monoisotopic (exact) mass is 288 g/mol. The van der Waals surface area contributed by atoms with E-state index in [9.17, 15) is 4.79 Å². The third kappa shape index (κ3) is 3.73. The third-order valence-electron chi connectivity index (χ3n) is 3.01. The van der Waals surface area contributed by atoms with E-state index in [0.717, 1.165) is 11.1 Å². The maximum atomic E-state index is 11.1. The summed E-state index contributed by atoms with van der Waals surface area (Å²) in [5.41, 5.74) is 1.65. The van der Waals surface area contributed by atoms with Crippen molar-refractivity contribution in [2.75, 3.05) is 7.11 Å². The van der Waals surface area contributed by atoms with E-state index in [0.29, 0.717) is 11.5 Å². The Morgan fingerprint density at radius 2 is 1.76 bits per heavy atom. The molecule has 0 heterocycles. The number of rotatable bonds is 6. The lowest BCUT2D eigenvalue weighted by Gasteiger charge is -2.09. The zero-order chi connectivity index (χ0) is 15.2. The van der Waals surface area contributed by atoms with Gasteiger partial charge in [-0.2, -0.15) is 0 Å². The van der Waals surface area contributed by atoms with Gasteiger partial charge < -0.3 is 19.7 Å². The van der Waals surface area contributed by atoms with E-state index >= 15 is 0 Å². The lowest BCUT2D eigenvalue weighted by atomic mass is 10.1. The number of aliphatic hydroxyl groups is 1. The van der Waals surface area contributed by atoms with Crippen molar-refractivity contribution < 1.29 is 24.5 Å². The molecule has 0 saturated carbocycles. The number of carboxylic acid groups (broad SMARTS) is 1. The molecule has 5 nitrogen and oxygen atoms in total. The SMILES string of the molecule is COc1ccc(COc2ccc(CO)cc2)cc1C(=O)O. The Bertz CT molecular complexity index is 619. The molecule has 0 aliphatic rings. The van der Waals surface area contributed by atoms with Gasteiger partial charge in [0.1, 0.15) is 23.7 Å². The molecule has 0 amide bonds. The first-order valence-electron chi connectivity index (χ1n) is 6.37. The number of ether oxygens (including phenoxy) is 2. The van der Waals surface area contributed by atoms with E-state index in [2.05, 4.69) is 0 Å². The Morgan fingerprint density at radius 1 is 1.10 bits per heavy atom. The molecule has 0 atom stereocenters. The van der Waals surface area contributed by atoms with Crippen LogP contribution in [0.2, 0.25) is 0 Å². The number of benzene rings is 2. The number of carboxylic acids is 1. The van der Waals surface area contributed by atoms with Crippen LogP contribution < -0.4 is 9.47 Å². The van der Waals surface area contributed by atoms with E-state index in [1.54, 1.807) is 36.4 Å². The van der Waals surface area contributed by atoms with Crippen LogP contribution in [0.15, 0.2) is 42.5 Å². The zero-order valence-electron chi connectivity index (χ0n) is 11.6. The molecule has 0 fully saturated rings. The first-order valence-corrected chi connectivity index (χ1v) is 6.37. The average Bonchev–Trinajstić information content (AvgIpc) is 2.53. The predicted molar refractivity (Wildman–Crippen MR) is 76.7 cm³/mol. The summed E-state index contributed by atoms with van der Waals surface area (Å²) in [6, 6.07) is 12.0. The number of methoxy groups -OCH3 is 1. The zero-order valence-corrected chi connectivity index (χ0v) is 11.6. The Morgan fingerprint density at radius 3 is 2.33 bits per heavy atom. The van der Waals surface area contributed by atoms with Gasteiger partial charge in [0.15, 0.2) is 0 Å². The van der Waals surface area contributed by atoms with Gasteiger partial charge in [-0.25, -0.2) is 4.79 Å². The molecule has 0 aliphatic carbocycles. The smallest absolute Gasteiger partial charge is 0.339 e. The Balaban J connectivity index is 2.08. The molecule has 2 aromatic carbocycles. The summed E-state index contributed by atoms with van der Waals surface area (Å²) in [5, 5.41) is 18.1. The van der Waals surface area contributed by atoms with Crippen LogP contribution in [0.25, 0.3) is 0 Å². The van der Waals surface area contributed by atoms with Gasteiger partial charge in [-0.05, 0) is 35.4 Å². The number of aromatic carboxylic acids is 1. The Labute approximate surface area is 122 Å². The van der Waals surface area contributed by atoms with Gasteiger partial charge in [0.05, 0.1) is 13.7 Å². The highest BCUT2D eigenvalue weighted by atomic mass is 16.5. The highest BCUT2D eigenvalue weighted by Gasteiger charge is 2.11. The topological polar surface area (TPSA) is 76.0 Å². The van der Waals surface area contributed by atoms with E-state index in [1.807, 2.05) is 0 Å². The van der Waals surface area contributed by atoms with Crippen LogP contribution in [0.1, 0.15) is 21.5 Å². The Kier molecular flexibility index (Phi) is 4.79. The van der Waals surface area contributed by atoms with Crippen molar-refractivity contribution in [3.63, 3.8) is 0 Å². The summed E-state index contributed by atoms with van der Waals surface area (Å²) < 4.78 is 10.6. The van der Waals surface area contributed by atoms with Crippen molar-refractivity contribution in [2.24, 2.45) is 0 Å². The van der Waals surface area contributed by atoms with Crippen LogP contribution in [0.4, 0.5) is 0 Å². The molecule has 2 N–H and O–H groups in total. The van der Waals surface area contributed by atoms with E-state index < -0.39 is 5.97 Å². The summed E-state index contributed by atoms with van der Waals surface area (Å²) in [5.74, 6) is -0.0700. The van der Waals surface area contributed by atoms with E-state index in [1.165, 1.54) is 13.2 Å². The van der Waals surface area contributed by atoms with Crippen molar-refractivity contribution in [3.05, 3.63) is 59.2 Å². The fourth-order valence-corrected chi connectivity index (χ4v) is 1.87. The first-order chi connectivity index (χ1) is 10.1. The minimum absolute atomic E-state index is 0.0132. The second-order valence-corrected chi connectivity index (χ2v) is 4.43. The number of hydrogen-bond donors (Lipinski definition) is 2. The molecular formula is C16H16O5. The third-order valence-corrected chi connectivity index (χ3v) is 3.01. The second kappa shape index (κ2) is 6.76. The van der Waals surface area contributed by atoms with Crippen LogP contribution in [0.5, 0.6) is 11.5 Å². The van der Waals surface area contributed by atoms with Crippen LogP contribution >= 0.6 is 0 Å². The molecule has 0 bridgehead atoms. The lowest BCUT2D eigenvalue weighted by Crippen LogP contribution is -2.03. The summed E-state index contributed by atoms with van der Waals surface area (Å²) in [7, 11) is 1.43. The van der Waals surface area contributed by atoms with Gasteiger partial charge in [0.2, 0.25) is 0 Å². The fraction of sp³-hybridized carbons (Fsp3) is 0.188. The lowest BCUT2D eigenvalue weighted by molar-refractivity contribution is 0.0693. The fourth-order valence-electron chi connectivity index (χ4n) is 1.87. The van der Waals surface area contributed by atoms with E-state index in [4.69, 9.17) is 19.7 Å². The van der Waals surface area contributed by atoms with Gasteiger partial charge in [0, 0.05) is 0 Å². The summed E-state index contributed by atoms with van der Waals surface area (Å²) >= 11 is 0. The molecule has 0 aromatic heterocycles. The van der Waals surface area contributed by atoms with Crippen molar-refractivity contribution in [3.8, 4) is 11.5 Å². The van der Waals surface area contributed by atoms with Crippen LogP contribution in [0.3, 0.4) is 0 Å². The molecule has 5 heteroatoms. The molecule has 0 unspecified atom stereocenters. The van der Waals surface area contributed by atoms with Crippen LogP contribution in [0, 0.1) is 0 Å². The Hall–Kier alpha value is -2.53. The van der Waals surface area contributed by atoms with Gasteiger partial charge in [0.25, 0.3) is 0 Å². The van der Waals surface area contributed by atoms with Gasteiger partial charge in [-0.1, -0.05) is 18.2 Å². The molecule has 0 spiro atoms. The van der Waals surface area contributed by atoms with Crippen molar-refractivity contribution in [2.45, 2.75) is 13.2 Å². The molecule has 0 radical (unpaired) electrons. The number of hydrogen-bond acceptors (Lipinski definition) is 4. The molecule has 0 aliphatic heterocycles. The standard InChI is InChI=1S/C16H16O5/c1-20-15-7-4-12(8-14(15)16(18)19)10-21-13-5-2-11(9-17)3-6-13/h2-8,17H,9-10H2,1H3,(H,18,19). The quantitative estimate of drug-likeness (QED) is 0.854. The minimum atomic E-state index is -1.04. The number of carbonyl (C=O) groups is 1. The van der Waals surface area contributed by atoms with Gasteiger partial charge in [-0.3, -0.25) is 0 Å². The molecule has 2 rings (SSSR count). The van der Waals surface area contributed by atoms with E-state index in [-0.39, 0.29) is 18.8 Å². The number of aliphatic hydroxyl groups excluding tert-OH is 1. The van der Waals surface area contributed by atoms with Crippen LogP contribution in [-0.4, -0.2) is 23.3 Å². The molecule has 0 saturated heterocycles. The van der Waals surface area contributed by atoms with Gasteiger partial charge in [-0.15, -0.1) is 0 Å². The average molecular weight is 288 g/mol. The largest absolute Gasteiger partial charge is 0.496 e. The molecular weight excluding hydrogens is 272 g/mol. The summed E-state index contributed by atoms with van der Waals surface area (Å²) in [6.07, 6.45) is 0. The summed E-state index contributed by atoms with van der Waals surface area (Å²) in [6.45, 7) is 0.240.